The van der Waals surface area contributed by atoms with Crippen LogP contribution in [0.4, 0.5) is 0 Å². The third kappa shape index (κ3) is 4.47. The monoisotopic (exact) mass is 265 g/mol. The zero-order valence-corrected chi connectivity index (χ0v) is 13.3. The topological polar surface area (TPSA) is 39.1 Å². The molecule has 0 saturated carbocycles. The molecule has 1 rings (SSSR count). The molecule has 0 aromatic rings. The van der Waals surface area contributed by atoms with Crippen molar-refractivity contribution in [1.82, 2.24) is 10.2 Å². The molecule has 0 bridgehead atoms. The standard InChI is InChI=1S/C16H31N3/c1-5-16(6-2)10-12-19(14-16)11-8-9-15(4,13-17)18-7-3/h18H,5-12,14H2,1-4H3. The molecule has 0 aromatic carbocycles. The number of hydrogen-bond donors (Lipinski definition) is 1. The Balaban J connectivity index is 2.33. The van der Waals surface area contributed by atoms with E-state index in [0.717, 1.165) is 25.9 Å². The molecule has 1 saturated heterocycles. The first kappa shape index (κ1) is 16.5. The van der Waals surface area contributed by atoms with Crippen molar-refractivity contribution in [2.45, 2.75) is 65.3 Å². The van der Waals surface area contributed by atoms with Crippen molar-refractivity contribution in [2.24, 2.45) is 5.41 Å². The maximum absolute atomic E-state index is 9.24. The molecule has 3 heteroatoms. The quantitative estimate of drug-likeness (QED) is 0.732. The van der Waals surface area contributed by atoms with Gasteiger partial charge in [-0.25, -0.2) is 0 Å². The van der Waals surface area contributed by atoms with Crippen molar-refractivity contribution in [3.8, 4) is 6.07 Å². The van der Waals surface area contributed by atoms with Crippen molar-refractivity contribution >= 4 is 0 Å². The van der Waals surface area contributed by atoms with E-state index in [2.05, 4.69) is 37.1 Å². The summed E-state index contributed by atoms with van der Waals surface area (Å²) in [5, 5.41) is 12.5. The van der Waals surface area contributed by atoms with Crippen molar-refractivity contribution < 1.29 is 0 Å². The van der Waals surface area contributed by atoms with Crippen LogP contribution in [-0.2, 0) is 0 Å². The predicted molar refractivity (Wildman–Crippen MR) is 81.0 cm³/mol. The van der Waals surface area contributed by atoms with Gasteiger partial charge in [0.25, 0.3) is 0 Å². The summed E-state index contributed by atoms with van der Waals surface area (Å²) in [6, 6.07) is 2.41. The van der Waals surface area contributed by atoms with Gasteiger partial charge in [0.15, 0.2) is 0 Å². The van der Waals surface area contributed by atoms with E-state index in [1.807, 2.05) is 6.92 Å². The lowest BCUT2D eigenvalue weighted by molar-refractivity contribution is 0.234. The van der Waals surface area contributed by atoms with Crippen LogP contribution in [0.3, 0.4) is 0 Å². The molecule has 1 atom stereocenters. The zero-order valence-electron chi connectivity index (χ0n) is 13.3. The van der Waals surface area contributed by atoms with Crippen LogP contribution in [0.5, 0.6) is 0 Å². The van der Waals surface area contributed by atoms with Crippen LogP contribution >= 0.6 is 0 Å². The van der Waals surface area contributed by atoms with Gasteiger partial charge < -0.3 is 4.90 Å². The molecule has 1 aliphatic rings. The summed E-state index contributed by atoms with van der Waals surface area (Å²) >= 11 is 0. The molecule has 1 fully saturated rings. The molecule has 1 N–H and O–H groups in total. The molecule has 19 heavy (non-hydrogen) atoms. The summed E-state index contributed by atoms with van der Waals surface area (Å²) in [5.41, 5.74) is 0.223. The van der Waals surface area contributed by atoms with Gasteiger partial charge >= 0.3 is 0 Å². The van der Waals surface area contributed by atoms with E-state index in [4.69, 9.17) is 0 Å². The number of rotatable bonds is 8. The first-order valence-electron chi connectivity index (χ1n) is 7.91. The number of hydrogen-bond acceptors (Lipinski definition) is 3. The Kier molecular flexibility index (Phi) is 6.29. The lowest BCUT2D eigenvalue weighted by atomic mass is 9.82. The van der Waals surface area contributed by atoms with E-state index >= 15 is 0 Å². The van der Waals surface area contributed by atoms with Gasteiger partial charge in [0.1, 0.15) is 5.54 Å². The second-order valence-electron chi connectivity index (χ2n) is 6.31. The lowest BCUT2D eigenvalue weighted by Gasteiger charge is -2.27. The third-order valence-electron chi connectivity index (χ3n) is 4.98. The predicted octanol–water partition coefficient (Wildman–Crippen LogP) is 3.17. The average Bonchev–Trinajstić information content (AvgIpc) is 2.83. The number of likely N-dealkylation sites (tertiary alicyclic amines) is 1. The molecule has 1 unspecified atom stereocenters. The first-order chi connectivity index (χ1) is 9.03. The van der Waals surface area contributed by atoms with Crippen molar-refractivity contribution in [3.63, 3.8) is 0 Å². The molecule has 0 aromatic heterocycles. The van der Waals surface area contributed by atoms with Crippen molar-refractivity contribution in [1.29, 1.82) is 5.26 Å². The third-order valence-corrected chi connectivity index (χ3v) is 4.98. The summed E-state index contributed by atoms with van der Waals surface area (Å²) in [5.74, 6) is 0. The fraction of sp³-hybridized carbons (Fsp3) is 0.938. The van der Waals surface area contributed by atoms with Crippen LogP contribution in [0.1, 0.15) is 59.8 Å². The molecule has 3 nitrogen and oxygen atoms in total. The highest BCUT2D eigenvalue weighted by molar-refractivity contribution is 5.03. The van der Waals surface area contributed by atoms with E-state index in [9.17, 15) is 5.26 Å². The van der Waals surface area contributed by atoms with E-state index in [1.165, 1.54) is 32.4 Å². The van der Waals surface area contributed by atoms with Gasteiger partial charge in [0.05, 0.1) is 6.07 Å². The van der Waals surface area contributed by atoms with Crippen molar-refractivity contribution in [2.75, 3.05) is 26.2 Å². The largest absolute Gasteiger partial charge is 0.303 e. The highest BCUT2D eigenvalue weighted by Crippen LogP contribution is 2.36. The lowest BCUT2D eigenvalue weighted by Crippen LogP contribution is -2.41. The van der Waals surface area contributed by atoms with Gasteiger partial charge in [0, 0.05) is 6.54 Å². The van der Waals surface area contributed by atoms with E-state index < -0.39 is 0 Å². The fourth-order valence-corrected chi connectivity index (χ4v) is 3.28. The van der Waals surface area contributed by atoms with Crippen molar-refractivity contribution in [3.05, 3.63) is 0 Å². The van der Waals surface area contributed by atoms with E-state index in [-0.39, 0.29) is 5.54 Å². The van der Waals surface area contributed by atoms with Crippen LogP contribution in [0.15, 0.2) is 0 Å². The summed E-state index contributed by atoms with van der Waals surface area (Å²) in [4.78, 5) is 2.59. The number of nitriles is 1. The maximum Gasteiger partial charge on any atom is 0.103 e. The van der Waals surface area contributed by atoms with Gasteiger partial charge in [-0.15, -0.1) is 0 Å². The summed E-state index contributed by atoms with van der Waals surface area (Å²) in [6.45, 7) is 13.2. The zero-order chi connectivity index (χ0) is 14.4. The van der Waals surface area contributed by atoms with E-state index in [1.54, 1.807) is 0 Å². The minimum atomic E-state index is -0.346. The Labute approximate surface area is 119 Å². The molecule has 0 amide bonds. The Morgan fingerprint density at radius 3 is 2.47 bits per heavy atom. The van der Waals surface area contributed by atoms with Crippen LogP contribution < -0.4 is 5.32 Å². The van der Waals surface area contributed by atoms with Gasteiger partial charge in [-0.1, -0.05) is 20.8 Å². The molecule has 110 valence electrons. The Bertz CT molecular complexity index is 304. The number of nitrogens with one attached hydrogen (secondary N) is 1. The average molecular weight is 265 g/mol. The van der Waals surface area contributed by atoms with Crippen LogP contribution in [-0.4, -0.2) is 36.6 Å². The fourth-order valence-electron chi connectivity index (χ4n) is 3.28. The minimum Gasteiger partial charge on any atom is -0.303 e. The normalized spacial score (nSPS) is 22.1. The second-order valence-corrected chi connectivity index (χ2v) is 6.31. The molecule has 1 aliphatic heterocycles. The highest BCUT2D eigenvalue weighted by atomic mass is 15.2. The maximum atomic E-state index is 9.24. The van der Waals surface area contributed by atoms with Gasteiger partial charge in [-0.05, 0) is 64.1 Å². The van der Waals surface area contributed by atoms with E-state index in [0.29, 0.717) is 5.41 Å². The molecule has 0 aliphatic carbocycles. The molecule has 1 heterocycles. The summed E-state index contributed by atoms with van der Waals surface area (Å²) in [7, 11) is 0. The van der Waals surface area contributed by atoms with Gasteiger partial charge in [0.2, 0.25) is 0 Å². The molecule has 0 radical (unpaired) electrons. The minimum absolute atomic E-state index is 0.346. The molecular weight excluding hydrogens is 234 g/mol. The molecule has 0 spiro atoms. The molecular formula is C16H31N3. The SMILES string of the molecule is CCNC(C)(C#N)CCCN1CCC(CC)(CC)C1. The Hall–Kier alpha value is -0.590. The first-order valence-corrected chi connectivity index (χ1v) is 7.91. The van der Waals surface area contributed by atoms with Crippen LogP contribution in [0.2, 0.25) is 0 Å². The number of nitrogens with zero attached hydrogens (tertiary/aromatic N) is 2. The van der Waals surface area contributed by atoms with Crippen LogP contribution in [0, 0.1) is 16.7 Å². The summed E-state index contributed by atoms with van der Waals surface area (Å²) < 4.78 is 0. The Morgan fingerprint density at radius 2 is 2.00 bits per heavy atom. The van der Waals surface area contributed by atoms with Crippen LogP contribution in [0.25, 0.3) is 0 Å². The van der Waals surface area contributed by atoms with Gasteiger partial charge in [-0.2, -0.15) is 5.26 Å². The smallest absolute Gasteiger partial charge is 0.103 e. The Morgan fingerprint density at radius 1 is 1.32 bits per heavy atom. The summed E-state index contributed by atoms with van der Waals surface area (Å²) in [6.07, 6.45) is 6.00. The second kappa shape index (κ2) is 7.26. The van der Waals surface area contributed by atoms with Gasteiger partial charge in [-0.3, -0.25) is 5.32 Å². The highest BCUT2D eigenvalue weighted by Gasteiger charge is 2.34.